The van der Waals surface area contributed by atoms with Gasteiger partial charge in [0, 0.05) is 22.7 Å². The highest BCUT2D eigenvalue weighted by atomic mass is 79.9. The van der Waals surface area contributed by atoms with Crippen molar-refractivity contribution in [2.45, 2.75) is 25.8 Å². The standard InChI is InChI=1S/C22H27BrN4O4/c1-14(21(28)25-18-12-17(30-2)5-6-19(18)31-3)27-10-8-15(9-11-27)22(29)26-20-7-4-16(23)13-24-20/h4-7,12-15H,8-11H2,1-3H3,(H,25,28)(H,24,26,29). The van der Waals surface area contributed by atoms with E-state index in [0.29, 0.717) is 48.9 Å². The average molecular weight is 491 g/mol. The van der Waals surface area contributed by atoms with Crippen LogP contribution in [0.5, 0.6) is 11.5 Å². The number of halogens is 1. The zero-order valence-electron chi connectivity index (χ0n) is 17.9. The quantitative estimate of drug-likeness (QED) is 0.616. The van der Waals surface area contributed by atoms with E-state index >= 15 is 0 Å². The molecule has 0 saturated carbocycles. The number of hydrogen-bond donors (Lipinski definition) is 2. The summed E-state index contributed by atoms with van der Waals surface area (Å²) in [5.41, 5.74) is 0.565. The van der Waals surface area contributed by atoms with Crippen LogP contribution >= 0.6 is 15.9 Å². The highest BCUT2D eigenvalue weighted by Gasteiger charge is 2.30. The van der Waals surface area contributed by atoms with Crippen molar-refractivity contribution < 1.29 is 19.1 Å². The van der Waals surface area contributed by atoms with Gasteiger partial charge < -0.3 is 20.1 Å². The van der Waals surface area contributed by atoms with E-state index in [2.05, 4.69) is 36.4 Å². The number of nitrogens with one attached hydrogen (secondary N) is 2. The van der Waals surface area contributed by atoms with Crippen LogP contribution in [0.15, 0.2) is 41.0 Å². The Morgan fingerprint density at radius 1 is 1.13 bits per heavy atom. The van der Waals surface area contributed by atoms with Crippen LogP contribution in [0.3, 0.4) is 0 Å². The first-order chi connectivity index (χ1) is 14.9. The molecular formula is C22H27BrN4O4. The Balaban J connectivity index is 1.53. The molecule has 2 heterocycles. The Bertz CT molecular complexity index is 914. The van der Waals surface area contributed by atoms with Gasteiger partial charge in [0.1, 0.15) is 17.3 Å². The fourth-order valence-corrected chi connectivity index (χ4v) is 3.78. The van der Waals surface area contributed by atoms with Gasteiger partial charge in [0.15, 0.2) is 0 Å². The van der Waals surface area contributed by atoms with Gasteiger partial charge in [-0.1, -0.05) is 0 Å². The summed E-state index contributed by atoms with van der Waals surface area (Å²) < 4.78 is 11.4. The van der Waals surface area contributed by atoms with Crippen LogP contribution in [0.1, 0.15) is 19.8 Å². The van der Waals surface area contributed by atoms with Crippen molar-refractivity contribution in [2.24, 2.45) is 5.92 Å². The molecule has 1 aromatic carbocycles. The molecule has 0 aliphatic carbocycles. The molecule has 2 aromatic rings. The molecule has 1 saturated heterocycles. The molecule has 166 valence electrons. The highest BCUT2D eigenvalue weighted by Crippen LogP contribution is 2.29. The summed E-state index contributed by atoms with van der Waals surface area (Å²) in [6, 6.07) is 8.52. The minimum atomic E-state index is -0.340. The Hall–Kier alpha value is -2.65. The fourth-order valence-electron chi connectivity index (χ4n) is 3.54. The van der Waals surface area contributed by atoms with Crippen molar-refractivity contribution in [2.75, 3.05) is 37.9 Å². The van der Waals surface area contributed by atoms with E-state index in [0.717, 1.165) is 4.47 Å². The van der Waals surface area contributed by atoms with Crippen molar-refractivity contribution >= 4 is 39.2 Å². The summed E-state index contributed by atoms with van der Waals surface area (Å²) in [7, 11) is 3.13. The first-order valence-electron chi connectivity index (χ1n) is 10.1. The average Bonchev–Trinajstić information content (AvgIpc) is 2.80. The molecule has 1 atom stereocenters. The predicted molar refractivity (Wildman–Crippen MR) is 123 cm³/mol. The zero-order chi connectivity index (χ0) is 22.4. The molecule has 1 aliphatic heterocycles. The van der Waals surface area contributed by atoms with Crippen LogP contribution in [0, 0.1) is 5.92 Å². The van der Waals surface area contributed by atoms with Gasteiger partial charge in [0.2, 0.25) is 11.8 Å². The maximum atomic E-state index is 12.8. The predicted octanol–water partition coefficient (Wildman–Crippen LogP) is 3.54. The highest BCUT2D eigenvalue weighted by molar-refractivity contribution is 9.10. The third kappa shape index (κ3) is 5.95. The van der Waals surface area contributed by atoms with Crippen molar-refractivity contribution in [1.82, 2.24) is 9.88 Å². The van der Waals surface area contributed by atoms with Gasteiger partial charge in [-0.2, -0.15) is 0 Å². The number of anilines is 2. The second kappa shape index (κ2) is 10.6. The van der Waals surface area contributed by atoms with Gasteiger partial charge in [0.05, 0.1) is 25.9 Å². The number of benzene rings is 1. The smallest absolute Gasteiger partial charge is 0.241 e. The van der Waals surface area contributed by atoms with E-state index in [1.807, 2.05) is 13.0 Å². The van der Waals surface area contributed by atoms with Gasteiger partial charge in [-0.25, -0.2) is 4.98 Å². The fraction of sp³-hybridized carbons (Fsp3) is 0.409. The number of aromatic nitrogens is 1. The van der Waals surface area contributed by atoms with E-state index in [4.69, 9.17) is 9.47 Å². The zero-order valence-corrected chi connectivity index (χ0v) is 19.4. The van der Waals surface area contributed by atoms with Crippen LogP contribution in [0.25, 0.3) is 0 Å². The number of hydrogen-bond acceptors (Lipinski definition) is 6. The normalized spacial score (nSPS) is 15.7. The molecule has 8 nitrogen and oxygen atoms in total. The lowest BCUT2D eigenvalue weighted by atomic mass is 9.95. The van der Waals surface area contributed by atoms with E-state index in [9.17, 15) is 9.59 Å². The molecule has 0 radical (unpaired) electrons. The van der Waals surface area contributed by atoms with E-state index < -0.39 is 0 Å². The minimum absolute atomic E-state index is 0.0345. The maximum absolute atomic E-state index is 12.8. The second-order valence-electron chi connectivity index (χ2n) is 7.39. The van der Waals surface area contributed by atoms with Crippen molar-refractivity contribution in [3.63, 3.8) is 0 Å². The largest absolute Gasteiger partial charge is 0.497 e. The molecule has 0 spiro atoms. The number of nitrogens with zero attached hydrogens (tertiary/aromatic N) is 2. The molecular weight excluding hydrogens is 464 g/mol. The summed E-state index contributed by atoms with van der Waals surface area (Å²) in [5.74, 6) is 1.47. The number of rotatable bonds is 7. The lowest BCUT2D eigenvalue weighted by molar-refractivity contribution is -0.123. The SMILES string of the molecule is COc1ccc(OC)c(NC(=O)C(C)N2CCC(C(=O)Nc3ccc(Br)cn3)CC2)c1. The van der Waals surface area contributed by atoms with Crippen LogP contribution in [-0.4, -0.2) is 55.0 Å². The Morgan fingerprint density at radius 3 is 2.48 bits per heavy atom. The number of pyridine rings is 1. The molecule has 1 aliphatic rings. The second-order valence-corrected chi connectivity index (χ2v) is 8.31. The Morgan fingerprint density at radius 2 is 1.87 bits per heavy atom. The number of amides is 2. The maximum Gasteiger partial charge on any atom is 0.241 e. The van der Waals surface area contributed by atoms with E-state index in [1.54, 1.807) is 44.7 Å². The number of ether oxygens (including phenoxy) is 2. The first kappa shape index (κ1) is 23.0. The molecule has 1 fully saturated rings. The third-order valence-corrected chi connectivity index (χ3v) is 5.94. The van der Waals surface area contributed by atoms with Crippen LogP contribution in [0.4, 0.5) is 11.5 Å². The van der Waals surface area contributed by atoms with Crippen molar-refractivity contribution in [1.29, 1.82) is 0 Å². The molecule has 2 amide bonds. The monoisotopic (exact) mass is 490 g/mol. The Kier molecular flexibility index (Phi) is 7.86. The molecule has 3 rings (SSSR count). The van der Waals surface area contributed by atoms with Gasteiger partial charge in [0.25, 0.3) is 0 Å². The molecule has 2 N–H and O–H groups in total. The van der Waals surface area contributed by atoms with Gasteiger partial charge in [-0.15, -0.1) is 0 Å². The van der Waals surface area contributed by atoms with Gasteiger partial charge in [-0.3, -0.25) is 14.5 Å². The lowest BCUT2D eigenvalue weighted by Crippen LogP contribution is -2.47. The van der Waals surface area contributed by atoms with Crippen molar-refractivity contribution in [3.8, 4) is 11.5 Å². The van der Waals surface area contributed by atoms with Crippen LogP contribution in [-0.2, 0) is 9.59 Å². The van der Waals surface area contributed by atoms with E-state index in [-0.39, 0.29) is 23.8 Å². The number of likely N-dealkylation sites (tertiary alicyclic amines) is 1. The summed E-state index contributed by atoms with van der Waals surface area (Å²) in [6.07, 6.45) is 3.01. The van der Waals surface area contributed by atoms with Crippen LogP contribution < -0.4 is 20.1 Å². The van der Waals surface area contributed by atoms with Crippen LogP contribution in [0.2, 0.25) is 0 Å². The third-order valence-electron chi connectivity index (χ3n) is 5.47. The van der Waals surface area contributed by atoms with Crippen molar-refractivity contribution in [3.05, 3.63) is 41.0 Å². The van der Waals surface area contributed by atoms with E-state index in [1.165, 1.54) is 0 Å². The molecule has 31 heavy (non-hydrogen) atoms. The lowest BCUT2D eigenvalue weighted by Gasteiger charge is -2.34. The first-order valence-corrected chi connectivity index (χ1v) is 10.9. The molecule has 0 bridgehead atoms. The molecule has 1 unspecified atom stereocenters. The summed E-state index contributed by atoms with van der Waals surface area (Å²) in [6.45, 7) is 3.19. The summed E-state index contributed by atoms with van der Waals surface area (Å²) in [5, 5.41) is 5.79. The van der Waals surface area contributed by atoms with Gasteiger partial charge in [-0.05, 0) is 73.1 Å². The number of carbonyl (C=O) groups is 2. The summed E-state index contributed by atoms with van der Waals surface area (Å²) in [4.78, 5) is 31.6. The summed E-state index contributed by atoms with van der Waals surface area (Å²) >= 11 is 3.33. The minimum Gasteiger partial charge on any atom is -0.497 e. The topological polar surface area (TPSA) is 92.8 Å². The Labute approximate surface area is 190 Å². The number of carbonyl (C=O) groups excluding carboxylic acids is 2. The number of piperidine rings is 1. The number of methoxy groups -OCH3 is 2. The molecule has 9 heteroatoms. The molecule has 1 aromatic heterocycles. The van der Waals surface area contributed by atoms with Gasteiger partial charge >= 0.3 is 0 Å².